The van der Waals surface area contributed by atoms with Gasteiger partial charge in [0.1, 0.15) is 12.4 Å². The number of thioether (sulfide) groups is 1. The van der Waals surface area contributed by atoms with Gasteiger partial charge in [0.2, 0.25) is 5.12 Å². The molecule has 1 aromatic carbocycles. The first kappa shape index (κ1) is 19.0. The van der Waals surface area contributed by atoms with E-state index in [4.69, 9.17) is 9.47 Å². The molecular formula is C21H26O4S. The van der Waals surface area contributed by atoms with Gasteiger partial charge < -0.3 is 9.47 Å². The third-order valence-corrected chi connectivity index (χ3v) is 6.10. The number of carbonyl (C=O) groups is 2. The van der Waals surface area contributed by atoms with Crippen molar-refractivity contribution in [1.82, 2.24) is 0 Å². The fourth-order valence-electron chi connectivity index (χ4n) is 3.44. The van der Waals surface area contributed by atoms with Crippen LogP contribution in [-0.4, -0.2) is 23.4 Å². The normalized spacial score (nSPS) is 25.3. The number of esters is 1. The maximum atomic E-state index is 12.5. The van der Waals surface area contributed by atoms with Crippen molar-refractivity contribution in [3.05, 3.63) is 41.5 Å². The maximum Gasteiger partial charge on any atom is 0.310 e. The maximum absolute atomic E-state index is 12.5. The zero-order chi connectivity index (χ0) is 18.7. The number of carbonyl (C=O) groups excluding carboxylic acids is 2. The highest BCUT2D eigenvalue weighted by Gasteiger charge is 2.61. The summed E-state index contributed by atoms with van der Waals surface area (Å²) >= 11 is 1.36. The number of hydrogen-bond donors (Lipinski definition) is 0. The third kappa shape index (κ3) is 4.14. The van der Waals surface area contributed by atoms with Crippen molar-refractivity contribution in [2.75, 3.05) is 12.4 Å². The van der Waals surface area contributed by atoms with Crippen molar-refractivity contribution in [2.24, 2.45) is 17.3 Å². The van der Waals surface area contributed by atoms with E-state index < -0.39 is 0 Å². The van der Waals surface area contributed by atoms with Crippen molar-refractivity contribution in [2.45, 2.75) is 40.2 Å². The molecule has 26 heavy (non-hydrogen) atoms. The van der Waals surface area contributed by atoms with Crippen LogP contribution in [0.2, 0.25) is 0 Å². The predicted octanol–water partition coefficient (Wildman–Crippen LogP) is 4.38. The lowest BCUT2D eigenvalue weighted by atomic mass is 10.1. The smallest absolute Gasteiger partial charge is 0.310 e. The molecular weight excluding hydrogens is 348 g/mol. The Morgan fingerprint density at radius 1 is 1.38 bits per heavy atom. The molecule has 4 nitrogen and oxygen atoms in total. The molecule has 1 saturated carbocycles. The highest BCUT2D eigenvalue weighted by molar-refractivity contribution is 8.14. The summed E-state index contributed by atoms with van der Waals surface area (Å²) in [4.78, 5) is 24.4. The Hall–Kier alpha value is -1.75. The van der Waals surface area contributed by atoms with Gasteiger partial charge in [-0.3, -0.25) is 9.59 Å². The van der Waals surface area contributed by atoms with Gasteiger partial charge in [0, 0.05) is 11.3 Å². The lowest BCUT2D eigenvalue weighted by molar-refractivity contribution is -0.147. The minimum absolute atomic E-state index is 0.0897. The van der Waals surface area contributed by atoms with Crippen molar-refractivity contribution in [3.63, 3.8) is 0 Å². The molecule has 2 aliphatic rings. The molecule has 0 bridgehead atoms. The first-order chi connectivity index (χ1) is 12.4. The SMILES string of the molecule is CCCOc1cccc(COC(=O)C2C(/C=C3\CCSC3=O)C2(C)C)c1. The van der Waals surface area contributed by atoms with Crippen LogP contribution in [0.25, 0.3) is 0 Å². The lowest BCUT2D eigenvalue weighted by Crippen LogP contribution is -2.10. The lowest BCUT2D eigenvalue weighted by Gasteiger charge is -2.08. The van der Waals surface area contributed by atoms with Crippen molar-refractivity contribution in [3.8, 4) is 5.75 Å². The number of hydrogen-bond acceptors (Lipinski definition) is 5. The summed E-state index contributed by atoms with van der Waals surface area (Å²) < 4.78 is 11.2. The second kappa shape index (κ2) is 7.87. The van der Waals surface area contributed by atoms with Gasteiger partial charge in [-0.25, -0.2) is 0 Å². The van der Waals surface area contributed by atoms with Crippen LogP contribution in [0.15, 0.2) is 35.9 Å². The largest absolute Gasteiger partial charge is 0.494 e. The van der Waals surface area contributed by atoms with Crippen molar-refractivity contribution in [1.29, 1.82) is 0 Å². The van der Waals surface area contributed by atoms with Gasteiger partial charge in [-0.2, -0.15) is 0 Å². The van der Waals surface area contributed by atoms with Crippen LogP contribution in [0, 0.1) is 17.3 Å². The predicted molar refractivity (Wildman–Crippen MR) is 103 cm³/mol. The Bertz CT molecular complexity index is 722. The van der Waals surface area contributed by atoms with E-state index in [1.54, 1.807) is 0 Å². The molecule has 3 rings (SSSR count). The number of benzene rings is 1. The molecule has 0 aromatic heterocycles. The van der Waals surface area contributed by atoms with Crippen LogP contribution in [0.3, 0.4) is 0 Å². The summed E-state index contributed by atoms with van der Waals surface area (Å²) in [5.41, 5.74) is 1.64. The zero-order valence-corrected chi connectivity index (χ0v) is 16.4. The molecule has 5 heteroatoms. The van der Waals surface area contributed by atoms with Crippen LogP contribution in [0.1, 0.15) is 39.2 Å². The summed E-state index contributed by atoms with van der Waals surface area (Å²) in [6, 6.07) is 7.66. The molecule has 2 fully saturated rings. The van der Waals surface area contributed by atoms with E-state index in [0.717, 1.165) is 35.5 Å². The molecule has 2 unspecified atom stereocenters. The standard InChI is InChI=1S/C21H26O4S/c1-4-9-24-16-7-5-6-14(11-16)13-25-19(22)18-17(21(18,2)3)12-15-8-10-26-20(15)23/h5-7,11-12,17-18H,4,8-10,13H2,1-3H3/b15-12+. The average Bonchev–Trinajstić information content (AvgIpc) is 2.93. The van der Waals surface area contributed by atoms with Crippen LogP contribution in [0.5, 0.6) is 5.75 Å². The molecule has 1 heterocycles. The molecule has 140 valence electrons. The zero-order valence-electron chi connectivity index (χ0n) is 15.6. The van der Waals surface area contributed by atoms with Gasteiger partial charge in [0.15, 0.2) is 0 Å². The fraction of sp³-hybridized carbons (Fsp3) is 0.524. The van der Waals surface area contributed by atoms with Crippen LogP contribution in [0.4, 0.5) is 0 Å². The minimum atomic E-state index is -0.185. The monoisotopic (exact) mass is 374 g/mol. The van der Waals surface area contributed by atoms with Gasteiger partial charge in [0.25, 0.3) is 0 Å². The highest BCUT2D eigenvalue weighted by Crippen LogP contribution is 2.60. The minimum Gasteiger partial charge on any atom is -0.494 e. The second-order valence-electron chi connectivity index (χ2n) is 7.51. The summed E-state index contributed by atoms with van der Waals surface area (Å²) in [6.45, 7) is 7.10. The van der Waals surface area contributed by atoms with Crippen LogP contribution in [-0.2, 0) is 20.9 Å². The summed E-state index contributed by atoms with van der Waals surface area (Å²) in [7, 11) is 0. The summed E-state index contributed by atoms with van der Waals surface area (Å²) in [5.74, 6) is 1.38. The van der Waals surface area contributed by atoms with Crippen LogP contribution < -0.4 is 4.74 Å². The van der Waals surface area contributed by atoms with E-state index in [1.807, 2.05) is 30.3 Å². The van der Waals surface area contributed by atoms with Gasteiger partial charge >= 0.3 is 5.97 Å². The fourth-order valence-corrected chi connectivity index (χ4v) is 4.31. The average molecular weight is 375 g/mol. The summed E-state index contributed by atoms with van der Waals surface area (Å²) in [5, 5.41) is 0.156. The van der Waals surface area contributed by atoms with Crippen molar-refractivity contribution < 1.29 is 19.1 Å². The molecule has 1 aliphatic heterocycles. The summed E-state index contributed by atoms with van der Waals surface area (Å²) in [6.07, 6.45) is 3.77. The molecule has 0 N–H and O–H groups in total. The molecule has 1 aliphatic carbocycles. The molecule has 0 amide bonds. The van der Waals surface area contributed by atoms with Crippen molar-refractivity contribution >= 4 is 22.8 Å². The van der Waals surface area contributed by atoms with E-state index in [0.29, 0.717) is 6.61 Å². The molecule has 1 aromatic rings. The third-order valence-electron chi connectivity index (χ3n) is 5.16. The Morgan fingerprint density at radius 2 is 2.19 bits per heavy atom. The second-order valence-corrected chi connectivity index (χ2v) is 8.57. The van der Waals surface area contributed by atoms with Gasteiger partial charge in [-0.15, -0.1) is 0 Å². The molecule has 0 radical (unpaired) electrons. The Morgan fingerprint density at radius 3 is 2.88 bits per heavy atom. The topological polar surface area (TPSA) is 52.6 Å². The number of ether oxygens (including phenoxy) is 2. The molecule has 2 atom stereocenters. The van der Waals surface area contributed by atoms with E-state index in [1.165, 1.54) is 11.8 Å². The van der Waals surface area contributed by atoms with Gasteiger partial charge in [0.05, 0.1) is 12.5 Å². The van der Waals surface area contributed by atoms with Crippen LogP contribution >= 0.6 is 11.8 Å². The number of rotatable bonds is 7. The Balaban J connectivity index is 1.57. The first-order valence-corrected chi connectivity index (χ1v) is 10.2. The van der Waals surface area contributed by atoms with E-state index in [9.17, 15) is 9.59 Å². The number of allylic oxidation sites excluding steroid dienone is 1. The highest BCUT2D eigenvalue weighted by atomic mass is 32.2. The Kier molecular flexibility index (Phi) is 5.76. The van der Waals surface area contributed by atoms with Gasteiger partial charge in [-0.1, -0.05) is 50.7 Å². The van der Waals surface area contributed by atoms with E-state index in [-0.39, 0.29) is 34.9 Å². The van der Waals surface area contributed by atoms with E-state index >= 15 is 0 Å². The van der Waals surface area contributed by atoms with E-state index in [2.05, 4.69) is 20.8 Å². The molecule has 0 spiro atoms. The van der Waals surface area contributed by atoms with Gasteiger partial charge in [-0.05, 0) is 41.9 Å². The Labute approximate surface area is 159 Å². The first-order valence-electron chi connectivity index (χ1n) is 9.19. The molecule has 1 saturated heterocycles. The quantitative estimate of drug-likeness (QED) is 0.524.